The second-order valence-electron chi connectivity index (χ2n) is 24.5. The fraction of sp³-hybridized carbons (Fsp3) is 0.146. The minimum absolute atomic E-state index is 0.0735. The van der Waals surface area contributed by atoms with E-state index in [0.29, 0.717) is 17.7 Å². The van der Waals surface area contributed by atoms with E-state index < -0.39 is 0 Å². The van der Waals surface area contributed by atoms with Crippen molar-refractivity contribution in [3.05, 3.63) is 284 Å². The number of benzene rings is 11. The molecule has 16 rings (SSSR count). The maximum Gasteiger partial charge on any atom is 0.252 e. The Bertz CT molecular complexity index is 4070. The lowest BCUT2D eigenvalue weighted by Crippen LogP contribution is -2.61. The highest BCUT2D eigenvalue weighted by Crippen LogP contribution is 2.50. The van der Waals surface area contributed by atoms with Crippen molar-refractivity contribution in [3.8, 4) is 78.4 Å². The van der Waals surface area contributed by atoms with Crippen molar-refractivity contribution in [3.63, 3.8) is 0 Å². The van der Waals surface area contributed by atoms with Gasteiger partial charge in [-0.05, 0) is 176 Å². The smallest absolute Gasteiger partial charge is 0.252 e. The van der Waals surface area contributed by atoms with Crippen LogP contribution in [0.5, 0.6) is 0 Å². The summed E-state index contributed by atoms with van der Waals surface area (Å²) in [4.78, 5) is 16.3. The van der Waals surface area contributed by atoms with Crippen LogP contribution in [-0.4, -0.2) is 16.7 Å². The van der Waals surface area contributed by atoms with Crippen molar-refractivity contribution in [2.75, 3.05) is 9.80 Å². The molecular weight excluding hydrogens is 1050 g/mol. The molecule has 0 spiro atoms. The van der Waals surface area contributed by atoms with Crippen LogP contribution in [0.25, 0.3) is 78.4 Å². The number of rotatable bonds is 11. The molecule has 4 nitrogen and oxygen atoms in total. The van der Waals surface area contributed by atoms with Gasteiger partial charge in [-0.3, -0.25) is 0 Å². The zero-order valence-corrected chi connectivity index (χ0v) is 49.1. The molecule has 4 aliphatic rings. The predicted molar refractivity (Wildman–Crippen MR) is 366 cm³/mol. The van der Waals surface area contributed by atoms with Gasteiger partial charge in [-0.15, -0.1) is 0 Å². The predicted octanol–water partition coefficient (Wildman–Crippen LogP) is 20.3. The molecule has 0 atom stereocenters. The second kappa shape index (κ2) is 22.9. The molecule has 2 aliphatic carbocycles. The SMILES string of the molecule is c1ccc(-c2cc(-c3ccccc3)cc(N3c4ccc(C5CCCCC5)cc4B4c5cc(C6CCCCC6)ccc5N(c5cc(-c6ccccc6)cc(-c6ccccc6)c5)c5cc(-c6cc(-c7ccccc7)nc(-c7ccccc7)n6)cc3c54)c2)cc1. The summed E-state index contributed by atoms with van der Waals surface area (Å²) in [5.74, 6) is 1.73. The van der Waals surface area contributed by atoms with E-state index in [1.807, 2.05) is 0 Å². The monoisotopic (exact) mass is 1120 g/mol. The van der Waals surface area contributed by atoms with Crippen molar-refractivity contribution < 1.29 is 0 Å². The average molecular weight is 1120 g/mol. The number of hydrogen-bond donors (Lipinski definition) is 0. The van der Waals surface area contributed by atoms with Gasteiger partial charge in [0.1, 0.15) is 0 Å². The summed E-state index contributed by atoms with van der Waals surface area (Å²) < 4.78 is 0. The van der Waals surface area contributed by atoms with E-state index in [9.17, 15) is 0 Å². The molecule has 0 saturated heterocycles. The van der Waals surface area contributed by atoms with Crippen molar-refractivity contribution in [1.82, 2.24) is 9.97 Å². The summed E-state index contributed by atoms with van der Waals surface area (Å²) in [6, 6.07) is 102. The molecule has 2 fully saturated rings. The second-order valence-corrected chi connectivity index (χ2v) is 24.5. The molecule has 0 radical (unpaired) electrons. The van der Waals surface area contributed by atoms with Crippen LogP contribution in [0.4, 0.5) is 34.1 Å². The molecular formula is C82H67BN4. The van der Waals surface area contributed by atoms with Gasteiger partial charge < -0.3 is 9.80 Å². The van der Waals surface area contributed by atoms with Gasteiger partial charge in [0.2, 0.25) is 0 Å². The number of fused-ring (bicyclic) bond motifs is 4. The van der Waals surface area contributed by atoms with E-state index in [0.717, 1.165) is 50.8 Å². The van der Waals surface area contributed by atoms with E-state index in [1.54, 1.807) is 0 Å². The Morgan fingerprint density at radius 3 is 1.00 bits per heavy atom. The van der Waals surface area contributed by atoms with E-state index in [-0.39, 0.29) is 6.71 Å². The summed E-state index contributed by atoms with van der Waals surface area (Å²) in [7, 11) is 0. The number of anilines is 6. The van der Waals surface area contributed by atoms with Gasteiger partial charge in [0.25, 0.3) is 6.71 Å². The van der Waals surface area contributed by atoms with E-state index in [1.165, 1.54) is 148 Å². The lowest BCUT2D eigenvalue weighted by molar-refractivity contribution is 0.444. The maximum absolute atomic E-state index is 5.64. The first-order valence-corrected chi connectivity index (χ1v) is 31.7. The summed E-state index contributed by atoms with van der Waals surface area (Å²) in [5.41, 5.74) is 28.1. The topological polar surface area (TPSA) is 32.3 Å². The Morgan fingerprint density at radius 2 is 0.621 bits per heavy atom. The van der Waals surface area contributed by atoms with Crippen LogP contribution < -0.4 is 26.2 Å². The fourth-order valence-corrected chi connectivity index (χ4v) is 14.9. The Labute approximate surface area is 512 Å². The Balaban J connectivity index is 1.04. The minimum atomic E-state index is -0.0735. The van der Waals surface area contributed by atoms with E-state index >= 15 is 0 Å². The number of hydrogen-bond acceptors (Lipinski definition) is 4. The number of nitrogens with zero attached hydrogens (tertiary/aromatic N) is 4. The lowest BCUT2D eigenvalue weighted by atomic mass is 9.33. The van der Waals surface area contributed by atoms with Crippen molar-refractivity contribution in [2.45, 2.75) is 76.0 Å². The molecule has 418 valence electrons. The third-order valence-corrected chi connectivity index (χ3v) is 19.2. The highest BCUT2D eigenvalue weighted by Gasteiger charge is 2.45. The normalized spacial score (nSPS) is 14.7. The van der Waals surface area contributed by atoms with Crippen LogP contribution in [0.2, 0.25) is 0 Å². The molecule has 3 heterocycles. The van der Waals surface area contributed by atoms with Crippen LogP contribution in [0.15, 0.2) is 273 Å². The molecule has 1 aromatic heterocycles. The molecule has 2 aliphatic heterocycles. The standard InChI is InChI=1S/C82H67BN4/c1-9-25-56(26-10-1)64-41-43-77-73(51-64)83-74-52-65(57-27-11-2-12-28-57)42-44-78(74)87(72-49-68(60-33-17-5-18-34-60)46-69(50-72)61-35-19-6-20-36-61)80-54-70(76-55-75(62-37-21-7-22-38-62)84-82(85-76)63-39-23-8-24-40-63)53-79(81(80)83)86(77)71-47-66(58-29-13-3-14-30-58)45-67(48-71)59-31-15-4-16-32-59/h3-8,13-24,29-57H,1-2,9-12,25-28H2. The quantitative estimate of drug-likeness (QED) is 0.121. The summed E-state index contributed by atoms with van der Waals surface area (Å²) in [6.07, 6.45) is 12.6. The molecule has 0 amide bonds. The van der Waals surface area contributed by atoms with E-state index in [4.69, 9.17) is 9.97 Å². The van der Waals surface area contributed by atoms with Crippen LogP contribution >= 0.6 is 0 Å². The van der Waals surface area contributed by atoms with Crippen molar-refractivity contribution in [2.24, 2.45) is 0 Å². The van der Waals surface area contributed by atoms with Gasteiger partial charge in [0, 0.05) is 50.8 Å². The third-order valence-electron chi connectivity index (χ3n) is 19.2. The van der Waals surface area contributed by atoms with Gasteiger partial charge >= 0.3 is 0 Å². The minimum Gasteiger partial charge on any atom is -0.311 e. The molecule has 2 saturated carbocycles. The van der Waals surface area contributed by atoms with Crippen molar-refractivity contribution in [1.29, 1.82) is 0 Å². The Kier molecular flexibility index (Phi) is 13.9. The van der Waals surface area contributed by atoms with Gasteiger partial charge in [0.15, 0.2) is 5.82 Å². The molecule has 87 heavy (non-hydrogen) atoms. The van der Waals surface area contributed by atoms with Crippen molar-refractivity contribution >= 4 is 57.2 Å². The molecule has 0 N–H and O–H groups in total. The average Bonchev–Trinajstić information content (AvgIpc) is 0.729. The van der Waals surface area contributed by atoms with Gasteiger partial charge in [-0.25, -0.2) is 9.97 Å². The first-order valence-electron chi connectivity index (χ1n) is 31.7. The summed E-state index contributed by atoms with van der Waals surface area (Å²) in [5, 5.41) is 0. The Morgan fingerprint density at radius 1 is 0.276 bits per heavy atom. The number of aromatic nitrogens is 2. The van der Waals surface area contributed by atoms with Gasteiger partial charge in [-0.1, -0.05) is 245 Å². The van der Waals surface area contributed by atoms with E-state index in [2.05, 4.69) is 283 Å². The zero-order valence-electron chi connectivity index (χ0n) is 49.1. The fourth-order valence-electron chi connectivity index (χ4n) is 14.9. The first-order chi connectivity index (χ1) is 43.1. The Hall–Kier alpha value is -9.84. The summed E-state index contributed by atoms with van der Waals surface area (Å²) >= 11 is 0. The molecule has 5 heteroatoms. The van der Waals surface area contributed by atoms with Crippen LogP contribution in [0.1, 0.15) is 87.2 Å². The van der Waals surface area contributed by atoms with Gasteiger partial charge in [-0.2, -0.15) is 0 Å². The summed E-state index contributed by atoms with van der Waals surface area (Å²) in [6.45, 7) is -0.0735. The molecule has 11 aromatic carbocycles. The third kappa shape index (κ3) is 10.1. The van der Waals surface area contributed by atoms with Crippen LogP contribution in [0.3, 0.4) is 0 Å². The van der Waals surface area contributed by atoms with Gasteiger partial charge in [0.05, 0.1) is 11.4 Å². The molecule has 12 aromatic rings. The molecule has 0 bridgehead atoms. The van der Waals surface area contributed by atoms with Crippen LogP contribution in [-0.2, 0) is 0 Å². The largest absolute Gasteiger partial charge is 0.311 e. The zero-order chi connectivity index (χ0) is 57.6. The maximum atomic E-state index is 5.64. The highest BCUT2D eigenvalue weighted by molar-refractivity contribution is 7.00. The molecule has 0 unspecified atom stereocenters. The first kappa shape index (κ1) is 52.7. The van der Waals surface area contributed by atoms with Crippen LogP contribution in [0, 0.1) is 0 Å². The highest BCUT2D eigenvalue weighted by atomic mass is 15.2. The lowest BCUT2D eigenvalue weighted by Gasteiger charge is -2.45.